The Balaban J connectivity index is 1.44. The summed E-state index contributed by atoms with van der Waals surface area (Å²) in [4.78, 5) is 12.2. The number of carbonyl (C=O) groups is 1. The molecule has 12 atom stereocenters. The Kier molecular flexibility index (Phi) is 8.15. The molecule has 0 aromatic heterocycles. The van der Waals surface area contributed by atoms with Crippen molar-refractivity contribution in [3.63, 3.8) is 0 Å². The summed E-state index contributed by atoms with van der Waals surface area (Å²) in [6.07, 6.45) is 6.72. The SMILES string of the molecule is CCO[C@@H](C1C[C@@H](C)[C@@H]2CCC[C@@]34CC35CC[C@H](OC(=O)NC)C(C)(C)[C@@H]5CCC4[C@](C)(N)[C@@H](O)C2O1)C(C)(C)O. The molecular formula is C33H58N2O6. The normalized spacial score (nSPS) is 48.1. The summed E-state index contributed by atoms with van der Waals surface area (Å²) in [5.74, 6) is 1.19. The minimum atomic E-state index is -1.06. The fourth-order valence-corrected chi connectivity index (χ4v) is 11.1. The lowest BCUT2D eigenvalue weighted by atomic mass is 9.49. The molecule has 5 N–H and O–H groups in total. The van der Waals surface area contributed by atoms with E-state index in [-0.39, 0.29) is 52.5 Å². The van der Waals surface area contributed by atoms with E-state index in [1.165, 1.54) is 0 Å². The van der Waals surface area contributed by atoms with E-state index in [9.17, 15) is 15.0 Å². The first-order chi connectivity index (χ1) is 19.1. The maximum Gasteiger partial charge on any atom is 0.407 e. The van der Waals surface area contributed by atoms with Crippen molar-refractivity contribution in [3.8, 4) is 0 Å². The van der Waals surface area contributed by atoms with E-state index in [1.54, 1.807) is 20.9 Å². The Morgan fingerprint density at radius 2 is 1.78 bits per heavy atom. The first-order valence-corrected chi connectivity index (χ1v) is 16.4. The van der Waals surface area contributed by atoms with Crippen LogP contribution >= 0.6 is 0 Å². The molecule has 5 rings (SSSR count). The number of aliphatic hydroxyl groups is 2. The Hall–Kier alpha value is -0.930. The predicted octanol–water partition coefficient (Wildman–Crippen LogP) is 4.78. The molecule has 1 amide bonds. The Morgan fingerprint density at radius 1 is 1.12 bits per heavy atom. The Labute approximate surface area is 247 Å². The second kappa shape index (κ2) is 10.6. The lowest BCUT2D eigenvalue weighted by molar-refractivity contribution is -0.229. The van der Waals surface area contributed by atoms with Crippen LogP contribution in [0.5, 0.6) is 0 Å². The van der Waals surface area contributed by atoms with Crippen molar-refractivity contribution in [1.82, 2.24) is 5.32 Å². The van der Waals surface area contributed by atoms with Gasteiger partial charge >= 0.3 is 6.09 Å². The monoisotopic (exact) mass is 578 g/mol. The molecule has 4 unspecified atom stereocenters. The number of ether oxygens (including phenoxy) is 3. The number of nitrogens with two attached hydrogens (primary N) is 1. The minimum absolute atomic E-state index is 0.0958. The summed E-state index contributed by atoms with van der Waals surface area (Å²) in [7, 11) is 1.62. The Bertz CT molecular complexity index is 979. The highest BCUT2D eigenvalue weighted by molar-refractivity contribution is 5.67. The first kappa shape index (κ1) is 31.5. The van der Waals surface area contributed by atoms with Crippen LogP contribution in [0.2, 0.25) is 0 Å². The van der Waals surface area contributed by atoms with Gasteiger partial charge in [0.2, 0.25) is 0 Å². The number of rotatable bonds is 5. The fraction of sp³-hybridized carbons (Fsp3) is 0.970. The minimum Gasteiger partial charge on any atom is -0.446 e. The van der Waals surface area contributed by atoms with Crippen molar-refractivity contribution in [2.75, 3.05) is 13.7 Å². The maximum atomic E-state index is 12.2. The fourth-order valence-electron chi connectivity index (χ4n) is 11.1. The van der Waals surface area contributed by atoms with Crippen molar-refractivity contribution >= 4 is 6.09 Å². The van der Waals surface area contributed by atoms with E-state index in [1.807, 2.05) is 6.92 Å². The quantitative estimate of drug-likeness (QED) is 0.370. The van der Waals surface area contributed by atoms with Crippen LogP contribution in [0.1, 0.15) is 106 Å². The number of carbonyl (C=O) groups excluding carboxylic acids is 1. The summed E-state index contributed by atoms with van der Waals surface area (Å²) < 4.78 is 18.8. The van der Waals surface area contributed by atoms with Gasteiger partial charge in [0.05, 0.1) is 23.9 Å². The summed E-state index contributed by atoms with van der Waals surface area (Å²) in [5, 5.41) is 25.8. The average molecular weight is 579 g/mol. The molecule has 4 aliphatic carbocycles. The first-order valence-electron chi connectivity index (χ1n) is 16.4. The van der Waals surface area contributed by atoms with Gasteiger partial charge in [-0.05, 0) is 114 Å². The van der Waals surface area contributed by atoms with Crippen LogP contribution in [-0.2, 0) is 14.2 Å². The summed E-state index contributed by atoms with van der Waals surface area (Å²) in [5.41, 5.74) is 5.66. The molecule has 0 aromatic carbocycles. The average Bonchev–Trinajstić information content (AvgIpc) is 3.55. The van der Waals surface area contributed by atoms with E-state index in [4.69, 9.17) is 19.9 Å². The number of amides is 1. The van der Waals surface area contributed by atoms with Gasteiger partial charge in [-0.2, -0.15) is 0 Å². The van der Waals surface area contributed by atoms with E-state index >= 15 is 0 Å². The molecule has 5 fully saturated rings. The van der Waals surface area contributed by atoms with Gasteiger partial charge in [-0.3, -0.25) is 0 Å². The lowest BCUT2D eigenvalue weighted by Gasteiger charge is -2.58. The highest BCUT2D eigenvalue weighted by Gasteiger charge is 2.79. The van der Waals surface area contributed by atoms with Gasteiger partial charge < -0.3 is 35.5 Å². The van der Waals surface area contributed by atoms with E-state index in [2.05, 4.69) is 33.0 Å². The molecular weight excluding hydrogens is 520 g/mol. The molecule has 1 aliphatic heterocycles. The summed E-state index contributed by atoms with van der Waals surface area (Å²) >= 11 is 0. The topological polar surface area (TPSA) is 123 Å². The van der Waals surface area contributed by atoms with Crippen LogP contribution in [0, 0.1) is 39.9 Å². The molecule has 4 saturated carbocycles. The van der Waals surface area contributed by atoms with Gasteiger partial charge in [0.15, 0.2) is 0 Å². The van der Waals surface area contributed by atoms with E-state index in [0.717, 1.165) is 57.8 Å². The third-order valence-electron chi connectivity index (χ3n) is 12.9. The van der Waals surface area contributed by atoms with Crippen LogP contribution in [0.15, 0.2) is 0 Å². The molecule has 8 heteroatoms. The third kappa shape index (κ3) is 4.86. The second-order valence-corrected chi connectivity index (χ2v) is 15.9. The molecule has 0 bridgehead atoms. The number of aliphatic hydroxyl groups excluding tert-OH is 1. The van der Waals surface area contributed by atoms with Gasteiger partial charge in [0.25, 0.3) is 0 Å². The van der Waals surface area contributed by atoms with Gasteiger partial charge in [-0.25, -0.2) is 4.79 Å². The van der Waals surface area contributed by atoms with Gasteiger partial charge in [-0.15, -0.1) is 0 Å². The van der Waals surface area contributed by atoms with Crippen LogP contribution in [0.25, 0.3) is 0 Å². The van der Waals surface area contributed by atoms with E-state index < -0.39 is 23.3 Å². The van der Waals surface area contributed by atoms with Gasteiger partial charge in [0.1, 0.15) is 12.2 Å². The zero-order valence-corrected chi connectivity index (χ0v) is 26.9. The molecule has 1 heterocycles. The highest BCUT2D eigenvalue weighted by atomic mass is 16.6. The number of alkyl carbamates (subject to hydrolysis) is 1. The van der Waals surface area contributed by atoms with Crippen molar-refractivity contribution in [1.29, 1.82) is 0 Å². The summed E-state index contributed by atoms with van der Waals surface area (Å²) in [6.45, 7) is 15.0. The van der Waals surface area contributed by atoms with Crippen molar-refractivity contribution in [2.24, 2.45) is 45.7 Å². The molecule has 0 radical (unpaired) electrons. The van der Waals surface area contributed by atoms with Crippen LogP contribution in [0.4, 0.5) is 4.79 Å². The zero-order valence-electron chi connectivity index (χ0n) is 26.9. The predicted molar refractivity (Wildman–Crippen MR) is 158 cm³/mol. The lowest BCUT2D eigenvalue weighted by Crippen LogP contribution is -2.66. The number of hydrogen-bond donors (Lipinski definition) is 4. The molecule has 8 nitrogen and oxygen atoms in total. The number of hydrogen-bond acceptors (Lipinski definition) is 7. The van der Waals surface area contributed by atoms with Crippen molar-refractivity contribution in [3.05, 3.63) is 0 Å². The standard InChI is InChI=1S/C33H58N2O6/c1-9-39-27(30(5,6)38)21-17-19(2)20-11-10-15-32-18-33(32)16-14-24(41-28(37)35-8)29(3,4)22(33)12-13-23(32)31(7,34)26(36)25(20)40-21/h19-27,36,38H,9-18,34H2,1-8H3,(H,35,37)/t19-,20+,21?,22+,23?,24+,25?,26+,27+,31+,32+,33?/m1/s1. The molecule has 0 aromatic rings. The third-order valence-corrected chi connectivity index (χ3v) is 12.9. The van der Waals surface area contributed by atoms with Crippen molar-refractivity contribution < 1.29 is 29.2 Å². The molecule has 236 valence electrons. The maximum absolute atomic E-state index is 12.2. The molecule has 1 saturated heterocycles. The molecule has 2 spiro atoms. The van der Waals surface area contributed by atoms with Crippen LogP contribution in [0.3, 0.4) is 0 Å². The van der Waals surface area contributed by atoms with E-state index in [0.29, 0.717) is 18.4 Å². The van der Waals surface area contributed by atoms with Gasteiger partial charge in [-0.1, -0.05) is 27.2 Å². The zero-order chi connectivity index (χ0) is 30.2. The highest BCUT2D eigenvalue weighted by Crippen LogP contribution is 2.84. The number of nitrogens with one attached hydrogen (secondary N) is 1. The number of fused-ring (bicyclic) bond motifs is 1. The Morgan fingerprint density at radius 3 is 2.41 bits per heavy atom. The largest absolute Gasteiger partial charge is 0.446 e. The van der Waals surface area contributed by atoms with Gasteiger partial charge in [0, 0.05) is 24.6 Å². The molecule has 5 aliphatic rings. The van der Waals surface area contributed by atoms with Crippen LogP contribution < -0.4 is 11.1 Å². The second-order valence-electron chi connectivity index (χ2n) is 15.9. The summed E-state index contributed by atoms with van der Waals surface area (Å²) in [6, 6.07) is 0. The molecule has 41 heavy (non-hydrogen) atoms. The smallest absolute Gasteiger partial charge is 0.407 e. The van der Waals surface area contributed by atoms with Crippen molar-refractivity contribution in [2.45, 2.75) is 148 Å². The van der Waals surface area contributed by atoms with Crippen LogP contribution in [-0.4, -0.2) is 71.6 Å².